The van der Waals surface area contributed by atoms with Crippen LogP contribution in [-0.4, -0.2) is 4.57 Å². The Morgan fingerprint density at radius 3 is 2.61 bits per heavy atom. The molecule has 0 saturated heterocycles. The Morgan fingerprint density at radius 1 is 1.11 bits per heavy atom. The number of fused-ring (bicyclic) bond motifs is 1. The summed E-state index contributed by atoms with van der Waals surface area (Å²) in [6.45, 7) is 7.11. The van der Waals surface area contributed by atoms with Crippen LogP contribution in [0.2, 0.25) is 0 Å². The lowest BCUT2D eigenvalue weighted by Crippen LogP contribution is -2.25. The summed E-state index contributed by atoms with van der Waals surface area (Å²) >= 11 is 0. The predicted molar refractivity (Wildman–Crippen MR) is 70.7 cm³/mol. The van der Waals surface area contributed by atoms with Crippen molar-refractivity contribution in [2.75, 3.05) is 0 Å². The highest BCUT2D eigenvalue weighted by molar-refractivity contribution is 5.78. The molecule has 0 aliphatic rings. The predicted octanol–water partition coefficient (Wildman–Crippen LogP) is 3.01. The van der Waals surface area contributed by atoms with Gasteiger partial charge in [0.2, 0.25) is 6.33 Å². The average molecular weight is 234 g/mol. The smallest absolute Gasteiger partial charge is 0.238 e. The maximum absolute atomic E-state index is 7.11. The molecule has 86 valence electrons. The van der Waals surface area contributed by atoms with Crippen molar-refractivity contribution in [3.63, 3.8) is 0 Å². The molecule has 0 atom stereocenters. The Morgan fingerprint density at radius 2 is 1.89 bits per heavy atom. The first-order valence-corrected chi connectivity index (χ1v) is 5.73. The number of hydrogen-bond acceptors (Lipinski definition) is 0. The highest BCUT2D eigenvalue weighted by Crippen LogP contribution is 2.22. The molecule has 3 heteroatoms. The van der Waals surface area contributed by atoms with Crippen LogP contribution in [0.5, 0.6) is 0 Å². The van der Waals surface area contributed by atoms with E-state index in [0.717, 1.165) is 16.7 Å². The van der Waals surface area contributed by atoms with E-state index in [1.54, 1.807) is 0 Å². The van der Waals surface area contributed by atoms with Crippen molar-refractivity contribution in [1.82, 2.24) is 4.57 Å². The van der Waals surface area contributed by atoms with Gasteiger partial charge in [-0.2, -0.15) is 4.57 Å². The first kappa shape index (κ1) is 10.5. The van der Waals surface area contributed by atoms with E-state index in [2.05, 4.69) is 26.1 Å². The first-order valence-electron chi connectivity index (χ1n) is 5.73. The van der Waals surface area contributed by atoms with Crippen LogP contribution < -0.4 is 4.57 Å². The van der Waals surface area contributed by atoms with Crippen LogP contribution in [0.25, 0.3) is 21.6 Å². The summed E-state index contributed by atoms with van der Waals surface area (Å²) in [4.78, 5) is 3.49. The van der Waals surface area contributed by atoms with Crippen LogP contribution in [0.15, 0.2) is 54.9 Å². The van der Waals surface area contributed by atoms with E-state index in [0.29, 0.717) is 5.69 Å². The third-order valence-electron chi connectivity index (χ3n) is 3.05. The molecule has 0 radical (unpaired) electrons. The van der Waals surface area contributed by atoms with Crippen LogP contribution in [0.4, 0.5) is 5.69 Å². The minimum atomic E-state index is 0.665. The van der Waals surface area contributed by atoms with Crippen molar-refractivity contribution in [2.45, 2.75) is 0 Å². The molecule has 0 unspecified atom stereocenters. The first-order chi connectivity index (χ1) is 8.79. The van der Waals surface area contributed by atoms with Crippen molar-refractivity contribution in [3.05, 3.63) is 66.3 Å². The summed E-state index contributed by atoms with van der Waals surface area (Å²) in [5.41, 5.74) is 3.94. The van der Waals surface area contributed by atoms with Gasteiger partial charge in [0.05, 0.1) is 13.6 Å². The molecular formula is C15H12N3+. The molecule has 18 heavy (non-hydrogen) atoms. The van der Waals surface area contributed by atoms with Crippen molar-refractivity contribution in [1.29, 1.82) is 0 Å². The van der Waals surface area contributed by atoms with Crippen LogP contribution in [0, 0.1) is 6.57 Å². The van der Waals surface area contributed by atoms with Crippen LogP contribution in [0.3, 0.4) is 0 Å². The van der Waals surface area contributed by atoms with E-state index in [9.17, 15) is 0 Å². The highest BCUT2D eigenvalue weighted by Gasteiger charge is 2.14. The van der Waals surface area contributed by atoms with Crippen LogP contribution in [0.1, 0.15) is 0 Å². The quantitative estimate of drug-likeness (QED) is 0.453. The lowest BCUT2D eigenvalue weighted by Gasteiger charge is -1.96. The Balaban J connectivity index is 2.33. The van der Waals surface area contributed by atoms with Gasteiger partial charge in [-0.05, 0) is 24.3 Å². The number of aryl methyl sites for hydroxylation is 1. The van der Waals surface area contributed by atoms with Gasteiger partial charge in [-0.3, -0.25) is 0 Å². The summed E-state index contributed by atoms with van der Waals surface area (Å²) in [6.07, 6.45) is 2.04. The number of aromatic nitrogens is 2. The van der Waals surface area contributed by atoms with Gasteiger partial charge in [-0.15, -0.1) is 0 Å². The van der Waals surface area contributed by atoms with Crippen molar-refractivity contribution in [2.24, 2.45) is 7.05 Å². The minimum absolute atomic E-state index is 0.665. The molecule has 0 aliphatic heterocycles. The van der Waals surface area contributed by atoms with Gasteiger partial charge in [-0.25, -0.2) is 9.41 Å². The topological polar surface area (TPSA) is 13.2 Å². The molecular weight excluding hydrogens is 222 g/mol. The van der Waals surface area contributed by atoms with Crippen molar-refractivity contribution >= 4 is 16.7 Å². The SMILES string of the molecule is [C-]#[N+]c1ccc2c(c1)n(-c1ccccc1)c[n+]2C. The number of nitrogens with zero attached hydrogens (tertiary/aromatic N) is 3. The van der Waals surface area contributed by atoms with Gasteiger partial charge in [0, 0.05) is 0 Å². The Labute approximate surface area is 105 Å². The molecule has 0 saturated carbocycles. The lowest BCUT2D eigenvalue weighted by molar-refractivity contribution is -0.645. The summed E-state index contributed by atoms with van der Waals surface area (Å²) in [6, 6.07) is 15.9. The standard InChI is InChI=1S/C15H12N3/c1-16-12-8-9-14-15(10-12)18(11-17(14)2)13-6-4-3-5-7-13/h3-11H,2H3/q+1. The zero-order chi connectivity index (χ0) is 12.5. The highest BCUT2D eigenvalue weighted by atomic mass is 15.1. The molecule has 1 aromatic heterocycles. The van der Waals surface area contributed by atoms with Gasteiger partial charge >= 0.3 is 0 Å². The van der Waals surface area contributed by atoms with Crippen molar-refractivity contribution < 1.29 is 4.57 Å². The number of hydrogen-bond donors (Lipinski definition) is 0. The molecule has 2 aromatic carbocycles. The molecule has 3 rings (SSSR count). The van der Waals surface area contributed by atoms with E-state index in [-0.39, 0.29) is 0 Å². The molecule has 0 aliphatic carbocycles. The number of para-hydroxylation sites is 1. The maximum Gasteiger partial charge on any atom is 0.249 e. The van der Waals surface area contributed by atoms with Gasteiger partial charge in [0.15, 0.2) is 16.7 Å². The van der Waals surface area contributed by atoms with E-state index in [4.69, 9.17) is 6.57 Å². The average Bonchev–Trinajstić information content (AvgIpc) is 2.76. The molecule has 0 bridgehead atoms. The Hall–Kier alpha value is -2.60. The lowest BCUT2D eigenvalue weighted by atomic mass is 10.2. The second kappa shape index (κ2) is 4.01. The van der Waals surface area contributed by atoms with E-state index >= 15 is 0 Å². The van der Waals surface area contributed by atoms with Crippen molar-refractivity contribution in [3.8, 4) is 5.69 Å². The summed E-state index contributed by atoms with van der Waals surface area (Å²) in [7, 11) is 2.01. The summed E-state index contributed by atoms with van der Waals surface area (Å²) in [5, 5.41) is 0. The molecule has 1 heterocycles. The van der Waals surface area contributed by atoms with Crippen LogP contribution >= 0.6 is 0 Å². The Kier molecular flexibility index (Phi) is 2.35. The van der Waals surface area contributed by atoms with Gasteiger partial charge < -0.3 is 0 Å². The summed E-state index contributed by atoms with van der Waals surface area (Å²) in [5.74, 6) is 0. The largest absolute Gasteiger partial charge is 0.249 e. The third-order valence-corrected chi connectivity index (χ3v) is 3.05. The van der Waals surface area contributed by atoms with Gasteiger partial charge in [-0.1, -0.05) is 24.3 Å². The zero-order valence-electron chi connectivity index (χ0n) is 10.0. The van der Waals surface area contributed by atoms with E-state index < -0.39 is 0 Å². The normalized spacial score (nSPS) is 10.4. The van der Waals surface area contributed by atoms with Gasteiger partial charge in [0.25, 0.3) is 0 Å². The third kappa shape index (κ3) is 1.56. The molecule has 0 fully saturated rings. The fourth-order valence-electron chi connectivity index (χ4n) is 2.16. The molecule has 0 spiro atoms. The number of imidazole rings is 1. The summed E-state index contributed by atoms with van der Waals surface area (Å²) < 4.78 is 4.17. The number of benzene rings is 2. The minimum Gasteiger partial charge on any atom is -0.238 e. The fraction of sp³-hybridized carbons (Fsp3) is 0.0667. The second-order valence-corrected chi connectivity index (χ2v) is 4.22. The van der Waals surface area contributed by atoms with E-state index in [1.165, 1.54) is 0 Å². The monoisotopic (exact) mass is 234 g/mol. The van der Waals surface area contributed by atoms with Crippen LogP contribution in [-0.2, 0) is 7.05 Å². The Bertz CT molecular complexity index is 748. The maximum atomic E-state index is 7.11. The molecule has 3 aromatic rings. The molecule has 0 N–H and O–H groups in total. The number of rotatable bonds is 1. The zero-order valence-corrected chi connectivity index (χ0v) is 10.0. The van der Waals surface area contributed by atoms with Gasteiger partial charge in [0.1, 0.15) is 5.69 Å². The second-order valence-electron chi connectivity index (χ2n) is 4.22. The van der Waals surface area contributed by atoms with E-state index in [1.807, 2.05) is 49.8 Å². The molecule has 0 amide bonds. The fourth-order valence-corrected chi connectivity index (χ4v) is 2.16. The molecule has 3 nitrogen and oxygen atoms in total.